The van der Waals surface area contributed by atoms with Crippen molar-refractivity contribution in [3.05, 3.63) is 59.2 Å². The van der Waals surface area contributed by atoms with Crippen LogP contribution in [0.15, 0.2) is 36.4 Å². The van der Waals surface area contributed by atoms with Crippen molar-refractivity contribution in [2.45, 2.75) is 13.8 Å². The van der Waals surface area contributed by atoms with Crippen LogP contribution in [-0.2, 0) is 10.0 Å². The first kappa shape index (κ1) is 19.6. The lowest BCUT2D eigenvalue weighted by molar-refractivity contribution is 0.105. The highest BCUT2D eigenvalue weighted by Gasteiger charge is 2.20. The van der Waals surface area contributed by atoms with Crippen molar-refractivity contribution in [1.82, 2.24) is 0 Å². The van der Waals surface area contributed by atoms with E-state index in [0.29, 0.717) is 17.2 Å². The van der Waals surface area contributed by atoms with Crippen molar-refractivity contribution >= 4 is 27.6 Å². The molecule has 138 valence electrons. The summed E-state index contributed by atoms with van der Waals surface area (Å²) in [5.41, 5.74) is 0.851. The number of halogens is 2. The molecule has 26 heavy (non-hydrogen) atoms. The van der Waals surface area contributed by atoms with Gasteiger partial charge >= 0.3 is 0 Å². The molecule has 0 saturated heterocycles. The van der Waals surface area contributed by atoms with E-state index in [1.54, 1.807) is 0 Å². The van der Waals surface area contributed by atoms with E-state index >= 15 is 0 Å². The number of carbonyl (C=O) groups is 1. The number of ketones is 1. The molecule has 0 atom stereocenters. The van der Waals surface area contributed by atoms with Crippen LogP contribution in [-0.4, -0.2) is 20.5 Å². The second-order valence-electron chi connectivity index (χ2n) is 5.18. The molecule has 8 heteroatoms. The van der Waals surface area contributed by atoms with Crippen LogP contribution in [0.3, 0.4) is 0 Å². The van der Waals surface area contributed by atoms with Gasteiger partial charge in [-0.2, -0.15) is 0 Å². The van der Waals surface area contributed by atoms with E-state index in [1.165, 1.54) is 24.3 Å². The number of nitrogens with one attached hydrogen (secondary N) is 1. The van der Waals surface area contributed by atoms with Crippen molar-refractivity contribution in [2.75, 3.05) is 11.0 Å². The number of rotatable bonds is 4. The highest BCUT2D eigenvalue weighted by molar-refractivity contribution is 7.92. The molecule has 0 spiro atoms. The fourth-order valence-corrected chi connectivity index (χ4v) is 2.80. The molecule has 1 N–H and O–H groups in total. The Morgan fingerprint density at radius 1 is 1.00 bits per heavy atom. The summed E-state index contributed by atoms with van der Waals surface area (Å²) in [7, 11) is -3.63. The van der Waals surface area contributed by atoms with Gasteiger partial charge in [0.05, 0.1) is 11.9 Å². The molecule has 0 aromatic heterocycles. The Morgan fingerprint density at radius 2 is 1.69 bits per heavy atom. The number of anilines is 1. The molecule has 2 aromatic carbocycles. The smallest absolute Gasteiger partial charge is 0.229 e. The zero-order valence-electron chi connectivity index (χ0n) is 14.3. The van der Waals surface area contributed by atoms with E-state index in [2.05, 4.69) is 4.72 Å². The fraction of sp³-hybridized carbons (Fsp3) is 0.167. The lowest BCUT2D eigenvalue weighted by Crippen LogP contribution is -2.11. The molecule has 0 fully saturated rings. The van der Waals surface area contributed by atoms with Gasteiger partial charge in [-0.05, 0) is 35.9 Å². The number of benzene rings is 2. The minimum absolute atomic E-state index is 0.0410. The number of hydrogen-bond donors (Lipinski definition) is 1. The Labute approximate surface area is 150 Å². The molecule has 0 amide bonds. The summed E-state index contributed by atoms with van der Waals surface area (Å²) in [5, 5.41) is 0. The summed E-state index contributed by atoms with van der Waals surface area (Å²) < 4.78 is 57.4. The van der Waals surface area contributed by atoms with Gasteiger partial charge in [0.25, 0.3) is 0 Å². The van der Waals surface area contributed by atoms with Crippen LogP contribution in [0.1, 0.15) is 29.8 Å². The van der Waals surface area contributed by atoms with Gasteiger partial charge in [0.1, 0.15) is 5.82 Å². The number of allylic oxidation sites excluding steroid dienone is 1. The SMILES string of the molecule is CC.CS(=O)(=O)Nc1cc2c(cc1Oc1ccc(F)cc1F)C(=O)C=C2. The molecule has 2 aromatic rings. The quantitative estimate of drug-likeness (QED) is 0.854. The predicted molar refractivity (Wildman–Crippen MR) is 96.1 cm³/mol. The van der Waals surface area contributed by atoms with Crippen LogP contribution >= 0.6 is 0 Å². The summed E-state index contributed by atoms with van der Waals surface area (Å²) in [5.74, 6) is -2.37. The first-order chi connectivity index (χ1) is 12.2. The van der Waals surface area contributed by atoms with Crippen LogP contribution in [0.2, 0.25) is 0 Å². The second kappa shape index (κ2) is 7.65. The van der Waals surface area contributed by atoms with Gasteiger partial charge < -0.3 is 4.74 Å². The zero-order chi connectivity index (χ0) is 19.5. The monoisotopic (exact) mass is 381 g/mol. The number of sulfonamides is 1. The molecule has 0 radical (unpaired) electrons. The number of carbonyl (C=O) groups excluding carboxylic acids is 1. The Morgan fingerprint density at radius 3 is 2.31 bits per heavy atom. The third kappa shape index (κ3) is 4.45. The summed E-state index contributed by atoms with van der Waals surface area (Å²) in [4.78, 5) is 11.8. The molecule has 0 aliphatic heterocycles. The molecule has 0 bridgehead atoms. The molecule has 1 aliphatic rings. The van der Waals surface area contributed by atoms with Crippen molar-refractivity contribution in [2.24, 2.45) is 0 Å². The van der Waals surface area contributed by atoms with Gasteiger partial charge in [-0.25, -0.2) is 17.2 Å². The van der Waals surface area contributed by atoms with Crippen LogP contribution in [0.25, 0.3) is 6.08 Å². The maximum absolute atomic E-state index is 13.8. The van der Waals surface area contributed by atoms with Crippen molar-refractivity contribution < 1.29 is 26.7 Å². The molecular weight excluding hydrogens is 364 g/mol. The highest BCUT2D eigenvalue weighted by atomic mass is 32.2. The van der Waals surface area contributed by atoms with E-state index in [-0.39, 0.29) is 23.0 Å². The van der Waals surface area contributed by atoms with Gasteiger partial charge in [-0.3, -0.25) is 9.52 Å². The van der Waals surface area contributed by atoms with Crippen molar-refractivity contribution in [3.8, 4) is 11.5 Å². The maximum Gasteiger partial charge on any atom is 0.229 e. The van der Waals surface area contributed by atoms with E-state index in [9.17, 15) is 22.0 Å². The van der Waals surface area contributed by atoms with E-state index in [0.717, 1.165) is 18.4 Å². The normalized spacial score (nSPS) is 12.3. The second-order valence-corrected chi connectivity index (χ2v) is 6.93. The van der Waals surface area contributed by atoms with Gasteiger partial charge in [-0.15, -0.1) is 0 Å². The maximum atomic E-state index is 13.8. The van der Waals surface area contributed by atoms with Gasteiger partial charge in [-0.1, -0.05) is 19.9 Å². The zero-order valence-corrected chi connectivity index (χ0v) is 15.2. The summed E-state index contributed by atoms with van der Waals surface area (Å²) in [6.07, 6.45) is 3.81. The minimum atomic E-state index is -3.63. The Kier molecular flexibility index (Phi) is 5.76. The summed E-state index contributed by atoms with van der Waals surface area (Å²) in [6, 6.07) is 5.44. The molecule has 5 nitrogen and oxygen atoms in total. The molecule has 0 unspecified atom stereocenters. The molecule has 0 saturated carbocycles. The molecular formula is C18H17F2NO4S. The lowest BCUT2D eigenvalue weighted by atomic mass is 10.1. The number of ether oxygens (including phenoxy) is 1. The Hall–Kier alpha value is -2.74. The average molecular weight is 381 g/mol. The summed E-state index contributed by atoms with van der Waals surface area (Å²) >= 11 is 0. The van der Waals surface area contributed by atoms with Crippen LogP contribution in [0.5, 0.6) is 11.5 Å². The van der Waals surface area contributed by atoms with E-state index in [1.807, 2.05) is 13.8 Å². The molecule has 1 aliphatic carbocycles. The number of fused-ring (bicyclic) bond motifs is 1. The third-order valence-electron chi connectivity index (χ3n) is 3.24. The Bertz CT molecular complexity index is 985. The van der Waals surface area contributed by atoms with E-state index < -0.39 is 21.7 Å². The van der Waals surface area contributed by atoms with Gasteiger partial charge in [0.2, 0.25) is 10.0 Å². The predicted octanol–water partition coefficient (Wildman–Crippen LogP) is 4.36. The average Bonchev–Trinajstić information content (AvgIpc) is 2.91. The summed E-state index contributed by atoms with van der Waals surface area (Å²) in [6.45, 7) is 4.00. The molecule has 3 rings (SSSR count). The Balaban J connectivity index is 0.00000117. The highest BCUT2D eigenvalue weighted by Crippen LogP contribution is 2.36. The largest absolute Gasteiger partial charge is 0.452 e. The standard InChI is InChI=1S/C16H11F2NO4S.C2H6/c1-24(21,22)19-13-6-9-2-4-14(20)11(9)8-16(13)23-15-5-3-10(17)7-12(15)18;1-2/h2-8,19H,1H3;1-2H3. The van der Waals surface area contributed by atoms with E-state index in [4.69, 9.17) is 4.74 Å². The fourth-order valence-electron chi connectivity index (χ4n) is 2.24. The molecule has 0 heterocycles. The minimum Gasteiger partial charge on any atom is -0.452 e. The van der Waals surface area contributed by atoms with Gasteiger partial charge in [0.15, 0.2) is 23.1 Å². The number of hydrogen-bond acceptors (Lipinski definition) is 4. The van der Waals surface area contributed by atoms with Crippen LogP contribution in [0.4, 0.5) is 14.5 Å². The van der Waals surface area contributed by atoms with Crippen LogP contribution < -0.4 is 9.46 Å². The van der Waals surface area contributed by atoms with Crippen molar-refractivity contribution in [1.29, 1.82) is 0 Å². The first-order valence-electron chi connectivity index (χ1n) is 7.74. The lowest BCUT2D eigenvalue weighted by Gasteiger charge is -2.14. The van der Waals surface area contributed by atoms with Crippen molar-refractivity contribution in [3.63, 3.8) is 0 Å². The topological polar surface area (TPSA) is 72.5 Å². The third-order valence-corrected chi connectivity index (χ3v) is 3.83. The first-order valence-corrected chi connectivity index (χ1v) is 9.63. The van der Waals surface area contributed by atoms with Crippen LogP contribution in [0, 0.1) is 11.6 Å². The van der Waals surface area contributed by atoms with Gasteiger partial charge in [0, 0.05) is 11.6 Å².